The molecule has 9 heteroatoms. The normalized spacial score (nSPS) is 11.0. The molecule has 268 valence electrons. The number of halogens is 1. The number of aromatic amines is 1. The van der Waals surface area contributed by atoms with Crippen LogP contribution in [0.2, 0.25) is 5.02 Å². The first-order chi connectivity index (χ1) is 26.0. The van der Waals surface area contributed by atoms with E-state index in [2.05, 4.69) is 21.7 Å². The average molecular weight is 725 g/mol. The molecule has 0 aliphatic rings. The maximum Gasteiger partial charge on any atom is 0.214 e. The molecule has 0 saturated heterocycles. The van der Waals surface area contributed by atoms with E-state index in [1.165, 1.54) is 0 Å². The summed E-state index contributed by atoms with van der Waals surface area (Å²) in [5.74, 6) is 4.37. The van der Waals surface area contributed by atoms with Gasteiger partial charge in [0.25, 0.3) is 0 Å². The van der Waals surface area contributed by atoms with Crippen LogP contribution >= 0.6 is 11.6 Å². The number of rotatable bonds is 14. The Kier molecular flexibility index (Phi) is 10.8. The Labute approximate surface area is 315 Å². The second-order valence-corrected chi connectivity index (χ2v) is 12.5. The number of imidazole rings is 2. The Hall–Kier alpha value is -5.99. The van der Waals surface area contributed by atoms with Gasteiger partial charge in [-0.25, -0.2) is 9.97 Å². The Morgan fingerprint density at radius 2 is 0.943 bits per heavy atom. The predicted octanol–water partition coefficient (Wildman–Crippen LogP) is 11.2. The van der Waals surface area contributed by atoms with E-state index in [0.717, 1.165) is 73.6 Å². The van der Waals surface area contributed by atoms with Gasteiger partial charge in [-0.1, -0.05) is 23.7 Å². The summed E-state index contributed by atoms with van der Waals surface area (Å²) in [7, 11) is 0. The zero-order valence-corrected chi connectivity index (χ0v) is 31.0. The van der Waals surface area contributed by atoms with Crippen LogP contribution in [0, 0.1) is 0 Å². The summed E-state index contributed by atoms with van der Waals surface area (Å²) in [4.78, 5) is 14.4. The molecule has 0 radical (unpaired) electrons. The minimum absolute atomic E-state index is 0.570. The maximum atomic E-state index is 6.95. The van der Waals surface area contributed by atoms with E-state index in [-0.39, 0.29) is 0 Å². The van der Waals surface area contributed by atoms with Gasteiger partial charge in [0, 0.05) is 27.8 Å². The summed E-state index contributed by atoms with van der Waals surface area (Å²) in [6.07, 6.45) is 0. The first-order valence-corrected chi connectivity index (χ1v) is 18.3. The number of hydrogen-bond acceptors (Lipinski definition) is 6. The van der Waals surface area contributed by atoms with Crippen molar-refractivity contribution in [1.29, 1.82) is 0 Å². The SMILES string of the molecule is CCOc1ccc(-c2nc(-n3c(-c4ccccc4Cl)nc(-c4ccc(OCC)cc4)c3-c3ccc(OCC)cc3)[nH]c2-c2ccc(OCC)cc2)cc1. The summed E-state index contributed by atoms with van der Waals surface area (Å²) in [5.41, 5.74) is 7.67. The van der Waals surface area contributed by atoms with Crippen LogP contribution in [0.15, 0.2) is 121 Å². The first-order valence-electron chi connectivity index (χ1n) is 17.9. The lowest BCUT2D eigenvalue weighted by Gasteiger charge is -2.13. The van der Waals surface area contributed by atoms with E-state index >= 15 is 0 Å². The highest BCUT2D eigenvalue weighted by atomic mass is 35.5. The Bertz CT molecular complexity index is 2210. The third-order valence-electron chi connectivity index (χ3n) is 8.67. The number of nitrogens with one attached hydrogen (secondary N) is 1. The van der Waals surface area contributed by atoms with Crippen LogP contribution in [0.25, 0.3) is 62.4 Å². The number of aromatic nitrogens is 4. The van der Waals surface area contributed by atoms with Gasteiger partial charge in [0.1, 0.15) is 28.8 Å². The quantitative estimate of drug-likeness (QED) is 0.120. The molecule has 8 nitrogen and oxygen atoms in total. The molecule has 53 heavy (non-hydrogen) atoms. The van der Waals surface area contributed by atoms with Crippen molar-refractivity contribution in [3.05, 3.63) is 126 Å². The van der Waals surface area contributed by atoms with E-state index in [9.17, 15) is 0 Å². The molecule has 0 aliphatic heterocycles. The molecule has 0 spiro atoms. The van der Waals surface area contributed by atoms with Crippen molar-refractivity contribution in [2.45, 2.75) is 27.7 Å². The van der Waals surface area contributed by atoms with Crippen molar-refractivity contribution >= 4 is 11.6 Å². The summed E-state index contributed by atoms with van der Waals surface area (Å²) >= 11 is 6.95. The number of H-pyrrole nitrogens is 1. The van der Waals surface area contributed by atoms with Crippen molar-refractivity contribution in [3.63, 3.8) is 0 Å². The van der Waals surface area contributed by atoms with Gasteiger partial charge < -0.3 is 23.9 Å². The van der Waals surface area contributed by atoms with Crippen molar-refractivity contribution in [2.75, 3.05) is 26.4 Å². The van der Waals surface area contributed by atoms with Gasteiger partial charge in [-0.2, -0.15) is 0 Å². The van der Waals surface area contributed by atoms with Crippen LogP contribution in [0.3, 0.4) is 0 Å². The van der Waals surface area contributed by atoms with Crippen LogP contribution in [-0.4, -0.2) is 45.9 Å². The van der Waals surface area contributed by atoms with Crippen LogP contribution < -0.4 is 18.9 Å². The standard InChI is InChI=1S/C44H41ClN4O4/c1-5-50-33-21-13-29(14-22-33)39-40(30-15-23-34(24-16-30)51-6-2)48-44(47-39)49-42(32-19-27-36(28-20-32)53-8-4)41(31-17-25-35(26-18-31)52-7-3)46-43(49)37-11-9-10-12-38(37)45/h9-28H,5-8H2,1-4H3,(H,47,48). The average Bonchev–Trinajstić information content (AvgIpc) is 3.80. The fourth-order valence-electron chi connectivity index (χ4n) is 6.31. The molecular formula is C44H41ClN4O4. The largest absolute Gasteiger partial charge is 0.494 e. The molecule has 2 heterocycles. The second kappa shape index (κ2) is 16.1. The molecular weight excluding hydrogens is 684 g/mol. The molecule has 0 amide bonds. The van der Waals surface area contributed by atoms with E-state index in [1.807, 2.05) is 137 Å². The molecule has 0 bridgehead atoms. The lowest BCUT2D eigenvalue weighted by Crippen LogP contribution is -2.03. The van der Waals surface area contributed by atoms with Crippen molar-refractivity contribution < 1.29 is 18.9 Å². The molecule has 7 rings (SSSR count). The van der Waals surface area contributed by atoms with Gasteiger partial charge in [-0.15, -0.1) is 0 Å². The monoisotopic (exact) mass is 724 g/mol. The topological polar surface area (TPSA) is 83.4 Å². The molecule has 0 atom stereocenters. The van der Waals surface area contributed by atoms with Crippen molar-refractivity contribution in [3.8, 4) is 85.4 Å². The molecule has 0 fully saturated rings. The maximum absolute atomic E-state index is 6.95. The van der Waals surface area contributed by atoms with Crippen molar-refractivity contribution in [1.82, 2.24) is 19.5 Å². The van der Waals surface area contributed by atoms with Crippen molar-refractivity contribution in [2.24, 2.45) is 0 Å². The Balaban J connectivity index is 1.51. The minimum atomic E-state index is 0.570. The van der Waals surface area contributed by atoms with E-state index in [1.54, 1.807) is 0 Å². The van der Waals surface area contributed by atoms with Gasteiger partial charge >= 0.3 is 0 Å². The zero-order chi connectivity index (χ0) is 36.7. The van der Waals surface area contributed by atoms with Gasteiger partial charge in [0.05, 0.1) is 54.2 Å². The number of ether oxygens (including phenoxy) is 4. The smallest absolute Gasteiger partial charge is 0.214 e. The van der Waals surface area contributed by atoms with Crippen LogP contribution in [0.4, 0.5) is 0 Å². The molecule has 2 aromatic heterocycles. The summed E-state index contributed by atoms with van der Waals surface area (Å²) < 4.78 is 25.2. The number of benzene rings is 5. The molecule has 0 unspecified atom stereocenters. The summed E-state index contributed by atoms with van der Waals surface area (Å²) in [6.45, 7) is 10.2. The Morgan fingerprint density at radius 1 is 0.509 bits per heavy atom. The Morgan fingerprint density at radius 3 is 1.42 bits per heavy atom. The van der Waals surface area contributed by atoms with Crippen LogP contribution in [-0.2, 0) is 0 Å². The number of hydrogen-bond donors (Lipinski definition) is 1. The summed E-state index contributed by atoms with van der Waals surface area (Å²) in [5, 5.41) is 0.570. The zero-order valence-electron chi connectivity index (χ0n) is 30.2. The van der Waals surface area contributed by atoms with Gasteiger partial charge in [-0.3, -0.25) is 4.57 Å². The molecule has 1 N–H and O–H groups in total. The summed E-state index contributed by atoms with van der Waals surface area (Å²) in [6, 6.07) is 39.8. The fourth-order valence-corrected chi connectivity index (χ4v) is 6.53. The predicted molar refractivity (Wildman–Crippen MR) is 213 cm³/mol. The number of nitrogens with zero attached hydrogens (tertiary/aromatic N) is 3. The second-order valence-electron chi connectivity index (χ2n) is 12.1. The van der Waals surface area contributed by atoms with Gasteiger partial charge in [0.2, 0.25) is 5.95 Å². The molecule has 0 aliphatic carbocycles. The fraction of sp³-hybridized carbons (Fsp3) is 0.182. The highest BCUT2D eigenvalue weighted by Gasteiger charge is 2.27. The first kappa shape index (κ1) is 35.4. The minimum Gasteiger partial charge on any atom is -0.494 e. The molecule has 0 saturated carbocycles. The molecule has 5 aromatic carbocycles. The highest BCUT2D eigenvalue weighted by molar-refractivity contribution is 6.33. The lowest BCUT2D eigenvalue weighted by molar-refractivity contribution is 0.340. The third kappa shape index (κ3) is 7.50. The van der Waals surface area contributed by atoms with Gasteiger partial charge in [-0.05, 0) is 137 Å². The van der Waals surface area contributed by atoms with Crippen LogP contribution in [0.5, 0.6) is 23.0 Å². The lowest BCUT2D eigenvalue weighted by atomic mass is 10.0. The van der Waals surface area contributed by atoms with Crippen LogP contribution in [0.1, 0.15) is 27.7 Å². The van der Waals surface area contributed by atoms with E-state index in [0.29, 0.717) is 43.2 Å². The van der Waals surface area contributed by atoms with E-state index in [4.69, 9.17) is 40.5 Å². The van der Waals surface area contributed by atoms with Gasteiger partial charge in [0.15, 0.2) is 0 Å². The van der Waals surface area contributed by atoms with E-state index < -0.39 is 0 Å². The highest BCUT2D eigenvalue weighted by Crippen LogP contribution is 2.42. The molecule has 7 aromatic rings. The third-order valence-corrected chi connectivity index (χ3v) is 9.00.